The summed E-state index contributed by atoms with van der Waals surface area (Å²) in [5, 5.41) is 7.00. The number of nitrogens with one attached hydrogen (secondary N) is 1. The van der Waals surface area contributed by atoms with E-state index in [0.29, 0.717) is 38.2 Å². The normalized spacial score (nSPS) is 15.0. The van der Waals surface area contributed by atoms with Gasteiger partial charge in [0.25, 0.3) is 5.91 Å². The van der Waals surface area contributed by atoms with Crippen molar-refractivity contribution in [3.05, 3.63) is 78.0 Å². The molecule has 0 spiro atoms. The number of piperidine rings is 1. The second kappa shape index (κ2) is 10.5. The van der Waals surface area contributed by atoms with E-state index in [2.05, 4.69) is 26.9 Å². The van der Waals surface area contributed by atoms with E-state index in [1.165, 1.54) is 11.0 Å². The monoisotopic (exact) mass is 499 g/mol. The Kier molecular flexibility index (Phi) is 7.44. The van der Waals surface area contributed by atoms with Gasteiger partial charge in [-0.1, -0.05) is 11.7 Å². The number of benzene rings is 1. The van der Waals surface area contributed by atoms with Crippen LogP contribution < -0.4 is 10.2 Å². The maximum Gasteiger partial charge on any atom is 0.418 e. The Balaban J connectivity index is 1.58. The third-order valence-corrected chi connectivity index (χ3v) is 6.14. The fourth-order valence-electron chi connectivity index (χ4n) is 4.49. The van der Waals surface area contributed by atoms with Gasteiger partial charge < -0.3 is 14.7 Å². The lowest BCUT2D eigenvalue weighted by atomic mass is 10.00. The summed E-state index contributed by atoms with van der Waals surface area (Å²) in [7, 11) is 0. The molecule has 2 aromatic heterocycles. The molecule has 190 valence electrons. The van der Waals surface area contributed by atoms with Crippen molar-refractivity contribution in [2.45, 2.75) is 45.5 Å². The quantitative estimate of drug-likeness (QED) is 0.425. The Bertz CT molecular complexity index is 1230. The van der Waals surface area contributed by atoms with Crippen molar-refractivity contribution in [3.63, 3.8) is 0 Å². The molecule has 0 aliphatic carbocycles. The second-order valence-electron chi connectivity index (χ2n) is 8.89. The van der Waals surface area contributed by atoms with E-state index in [1.54, 1.807) is 31.3 Å². The molecule has 1 saturated heterocycles. The SMILES string of the molecule is C=CC(=O)N(c1ccc(Nc2ccnc(C)c2)cc1C(F)(F)F)C1CCN(Cc2cc(C)on2)CC1. The van der Waals surface area contributed by atoms with Crippen LogP contribution in [-0.4, -0.2) is 40.1 Å². The molecule has 0 unspecified atom stereocenters. The first kappa shape index (κ1) is 25.4. The summed E-state index contributed by atoms with van der Waals surface area (Å²) in [6.45, 7) is 8.95. The molecule has 0 radical (unpaired) electrons. The topological polar surface area (TPSA) is 74.5 Å². The summed E-state index contributed by atoms with van der Waals surface area (Å²) in [4.78, 5) is 20.4. The summed E-state index contributed by atoms with van der Waals surface area (Å²) in [6, 6.07) is 8.82. The Morgan fingerprint density at radius 3 is 2.53 bits per heavy atom. The number of pyridine rings is 1. The number of nitrogens with zero attached hydrogens (tertiary/aromatic N) is 4. The number of aryl methyl sites for hydroxylation is 2. The predicted molar refractivity (Wildman–Crippen MR) is 131 cm³/mol. The number of likely N-dealkylation sites (tertiary alicyclic amines) is 1. The van der Waals surface area contributed by atoms with Gasteiger partial charge >= 0.3 is 6.18 Å². The van der Waals surface area contributed by atoms with Crippen LogP contribution in [0.2, 0.25) is 0 Å². The van der Waals surface area contributed by atoms with Gasteiger partial charge in [-0.25, -0.2) is 0 Å². The molecule has 10 heteroatoms. The molecule has 3 heterocycles. The summed E-state index contributed by atoms with van der Waals surface area (Å²) < 4.78 is 47.7. The fourth-order valence-corrected chi connectivity index (χ4v) is 4.49. The minimum Gasteiger partial charge on any atom is -0.361 e. The van der Waals surface area contributed by atoms with Crippen molar-refractivity contribution in [1.29, 1.82) is 0 Å². The number of alkyl halides is 3. The number of hydrogen-bond acceptors (Lipinski definition) is 6. The van der Waals surface area contributed by atoms with Gasteiger partial charge in [-0.05, 0) is 63.1 Å². The predicted octanol–water partition coefficient (Wildman–Crippen LogP) is 5.63. The highest BCUT2D eigenvalue weighted by Gasteiger charge is 2.38. The number of hydrogen-bond donors (Lipinski definition) is 1. The van der Waals surface area contributed by atoms with Crippen LogP contribution in [0.25, 0.3) is 0 Å². The minimum atomic E-state index is -4.66. The van der Waals surface area contributed by atoms with Gasteiger partial charge in [0, 0.05) is 55.0 Å². The van der Waals surface area contributed by atoms with Crippen molar-refractivity contribution in [3.8, 4) is 0 Å². The highest BCUT2D eigenvalue weighted by atomic mass is 19.4. The maximum atomic E-state index is 14.2. The van der Waals surface area contributed by atoms with Crippen molar-refractivity contribution in [2.24, 2.45) is 0 Å². The Labute approximate surface area is 207 Å². The van der Waals surface area contributed by atoms with Crippen LogP contribution in [0.1, 0.15) is 35.6 Å². The lowest BCUT2D eigenvalue weighted by Crippen LogP contribution is -2.47. The van der Waals surface area contributed by atoms with Gasteiger partial charge in [0.15, 0.2) is 0 Å². The smallest absolute Gasteiger partial charge is 0.361 e. The molecule has 0 atom stereocenters. The van der Waals surface area contributed by atoms with Gasteiger partial charge in [-0.15, -0.1) is 0 Å². The first-order chi connectivity index (χ1) is 17.1. The van der Waals surface area contributed by atoms with Crippen LogP contribution in [0.5, 0.6) is 0 Å². The van der Waals surface area contributed by atoms with E-state index in [9.17, 15) is 18.0 Å². The number of halogens is 3. The molecule has 1 N–H and O–H groups in total. The zero-order valence-corrected chi connectivity index (χ0v) is 20.2. The molecule has 1 aliphatic rings. The van der Waals surface area contributed by atoms with Gasteiger partial charge in [-0.2, -0.15) is 13.2 Å². The third kappa shape index (κ3) is 5.93. The van der Waals surface area contributed by atoms with Gasteiger partial charge in [0.2, 0.25) is 0 Å². The van der Waals surface area contributed by atoms with E-state index in [4.69, 9.17) is 4.52 Å². The molecule has 4 rings (SSSR count). The fraction of sp³-hybridized carbons (Fsp3) is 0.346. The average molecular weight is 500 g/mol. The molecule has 7 nitrogen and oxygen atoms in total. The van der Waals surface area contributed by atoms with Crippen LogP contribution in [0.3, 0.4) is 0 Å². The van der Waals surface area contributed by atoms with Crippen LogP contribution in [0.15, 0.2) is 59.8 Å². The average Bonchev–Trinajstić information content (AvgIpc) is 3.24. The van der Waals surface area contributed by atoms with E-state index >= 15 is 0 Å². The van der Waals surface area contributed by atoms with E-state index < -0.39 is 23.7 Å². The number of rotatable bonds is 7. The van der Waals surface area contributed by atoms with Gasteiger partial charge in [0.05, 0.1) is 16.9 Å². The zero-order valence-electron chi connectivity index (χ0n) is 20.2. The summed E-state index contributed by atoms with van der Waals surface area (Å²) in [6.07, 6.45) is -0.978. The maximum absolute atomic E-state index is 14.2. The van der Waals surface area contributed by atoms with Crippen molar-refractivity contribution >= 4 is 23.0 Å². The van der Waals surface area contributed by atoms with Crippen LogP contribution >= 0.6 is 0 Å². The summed E-state index contributed by atoms with van der Waals surface area (Å²) in [5.74, 6) is 0.163. The lowest BCUT2D eigenvalue weighted by molar-refractivity contribution is -0.137. The molecule has 0 saturated carbocycles. The Morgan fingerprint density at radius 2 is 1.92 bits per heavy atom. The number of anilines is 3. The number of amides is 1. The Morgan fingerprint density at radius 1 is 1.19 bits per heavy atom. The standard InChI is InChI=1S/C26H28F3N5O2/c1-4-25(35)34(22-8-11-33(12-9-22)16-21-14-18(3)36-32-21)24-6-5-19(15-23(24)26(27,28)29)31-20-7-10-30-17(2)13-20/h4-7,10,13-15,22H,1,8-9,11-12,16H2,2-3H3,(H,30,31). The molecular formula is C26H28F3N5O2. The van der Waals surface area contributed by atoms with Crippen molar-refractivity contribution < 1.29 is 22.5 Å². The van der Waals surface area contributed by atoms with Gasteiger partial charge in [-0.3, -0.25) is 14.7 Å². The minimum absolute atomic E-state index is 0.172. The molecule has 36 heavy (non-hydrogen) atoms. The zero-order chi connectivity index (χ0) is 25.9. The molecule has 1 aliphatic heterocycles. The molecule has 1 aromatic carbocycles. The summed E-state index contributed by atoms with van der Waals surface area (Å²) >= 11 is 0. The van der Waals surface area contributed by atoms with E-state index in [1.807, 2.05) is 13.0 Å². The molecular weight excluding hydrogens is 471 g/mol. The first-order valence-electron chi connectivity index (χ1n) is 11.6. The van der Waals surface area contributed by atoms with Crippen LogP contribution in [-0.2, 0) is 17.5 Å². The number of carbonyl (C=O) groups excluding carboxylic acids is 1. The highest BCUT2D eigenvalue weighted by Crippen LogP contribution is 2.40. The highest BCUT2D eigenvalue weighted by molar-refractivity contribution is 6.02. The molecule has 1 amide bonds. The largest absolute Gasteiger partial charge is 0.418 e. The molecule has 3 aromatic rings. The van der Waals surface area contributed by atoms with Gasteiger partial charge in [0.1, 0.15) is 5.76 Å². The number of carbonyl (C=O) groups is 1. The summed E-state index contributed by atoms with van der Waals surface area (Å²) in [5.41, 5.74) is 1.37. The second-order valence-corrected chi connectivity index (χ2v) is 8.89. The molecule has 0 bridgehead atoms. The van der Waals surface area contributed by atoms with Crippen molar-refractivity contribution in [1.82, 2.24) is 15.0 Å². The van der Waals surface area contributed by atoms with E-state index in [-0.39, 0.29) is 11.4 Å². The first-order valence-corrected chi connectivity index (χ1v) is 11.6. The number of aromatic nitrogens is 2. The third-order valence-electron chi connectivity index (χ3n) is 6.14. The van der Waals surface area contributed by atoms with Crippen LogP contribution in [0, 0.1) is 13.8 Å². The van der Waals surface area contributed by atoms with Crippen LogP contribution in [0.4, 0.5) is 30.2 Å². The molecule has 1 fully saturated rings. The Hall–Kier alpha value is -3.66. The lowest BCUT2D eigenvalue weighted by Gasteiger charge is -2.39. The van der Waals surface area contributed by atoms with Crippen molar-refractivity contribution in [2.75, 3.05) is 23.3 Å². The van der Waals surface area contributed by atoms with E-state index in [0.717, 1.165) is 29.3 Å².